The van der Waals surface area contributed by atoms with Gasteiger partial charge in [0.2, 0.25) is 0 Å². The van der Waals surface area contributed by atoms with E-state index in [0.717, 1.165) is 45.2 Å². The van der Waals surface area contributed by atoms with Crippen LogP contribution < -0.4 is 0 Å². The Morgan fingerprint density at radius 3 is 1.82 bits per heavy atom. The molecule has 172 valence electrons. The number of carbonyl (C=O) groups is 3. The molecule has 0 aliphatic carbocycles. The standard InChI is InChI=1S/C28H24O6/c1-3-26(29)32-17-21-6-5-7-22(14-21)18-34-28(31)13-10-20-8-11-24-12-9-23(16-25(24)15-20)19-33-27(30)4-2/h3-16H,1-2,17-19H2. The fraction of sp³-hybridized carbons (Fsp3) is 0.107. The van der Waals surface area contributed by atoms with Crippen molar-refractivity contribution in [3.05, 3.63) is 114 Å². The SMILES string of the molecule is C=CC(=O)OCc1cccc(COC(=O)C=Cc2ccc3ccc(COC(=O)C=C)cc3c2)c1. The lowest BCUT2D eigenvalue weighted by molar-refractivity contribution is -0.139. The van der Waals surface area contributed by atoms with Crippen molar-refractivity contribution in [3.63, 3.8) is 0 Å². The van der Waals surface area contributed by atoms with E-state index in [9.17, 15) is 14.4 Å². The topological polar surface area (TPSA) is 78.9 Å². The summed E-state index contributed by atoms with van der Waals surface area (Å²) >= 11 is 0. The molecular weight excluding hydrogens is 432 g/mol. The molecule has 3 rings (SSSR count). The molecule has 0 aliphatic heterocycles. The number of hydrogen-bond acceptors (Lipinski definition) is 6. The first-order chi connectivity index (χ1) is 16.5. The highest BCUT2D eigenvalue weighted by Gasteiger charge is 2.04. The molecule has 0 aliphatic rings. The summed E-state index contributed by atoms with van der Waals surface area (Å²) in [5.41, 5.74) is 3.25. The van der Waals surface area contributed by atoms with Gasteiger partial charge >= 0.3 is 17.9 Å². The van der Waals surface area contributed by atoms with Gasteiger partial charge in [-0.25, -0.2) is 14.4 Å². The molecule has 3 aromatic rings. The summed E-state index contributed by atoms with van der Waals surface area (Å²) in [6, 6.07) is 18.8. The van der Waals surface area contributed by atoms with Crippen molar-refractivity contribution in [1.82, 2.24) is 0 Å². The van der Waals surface area contributed by atoms with Crippen LogP contribution in [-0.4, -0.2) is 17.9 Å². The third-order valence-corrected chi connectivity index (χ3v) is 4.81. The van der Waals surface area contributed by atoms with Gasteiger partial charge in [0.15, 0.2) is 0 Å². The van der Waals surface area contributed by atoms with E-state index in [-0.39, 0.29) is 19.8 Å². The van der Waals surface area contributed by atoms with Crippen molar-refractivity contribution in [2.75, 3.05) is 0 Å². The Morgan fingerprint density at radius 1 is 0.647 bits per heavy atom. The molecule has 6 nitrogen and oxygen atoms in total. The second-order valence-electron chi connectivity index (χ2n) is 7.33. The Labute approximate surface area is 197 Å². The van der Waals surface area contributed by atoms with E-state index in [0.29, 0.717) is 0 Å². The minimum atomic E-state index is -0.497. The molecule has 0 aromatic heterocycles. The summed E-state index contributed by atoms with van der Waals surface area (Å²) in [6.07, 6.45) is 5.28. The van der Waals surface area contributed by atoms with E-state index in [1.54, 1.807) is 18.2 Å². The van der Waals surface area contributed by atoms with Crippen LogP contribution >= 0.6 is 0 Å². The molecule has 0 amide bonds. The smallest absolute Gasteiger partial charge is 0.331 e. The zero-order valence-electron chi connectivity index (χ0n) is 18.6. The van der Waals surface area contributed by atoms with Crippen molar-refractivity contribution in [1.29, 1.82) is 0 Å². The van der Waals surface area contributed by atoms with E-state index in [4.69, 9.17) is 14.2 Å². The highest BCUT2D eigenvalue weighted by molar-refractivity contribution is 5.90. The molecule has 0 spiro atoms. The van der Waals surface area contributed by atoms with E-state index >= 15 is 0 Å². The maximum absolute atomic E-state index is 12.2. The summed E-state index contributed by atoms with van der Waals surface area (Å²) in [4.78, 5) is 34.6. The van der Waals surface area contributed by atoms with Crippen molar-refractivity contribution < 1.29 is 28.6 Å². The molecular formula is C28H24O6. The monoisotopic (exact) mass is 456 g/mol. The van der Waals surface area contributed by atoms with Crippen LogP contribution in [0, 0.1) is 0 Å². The first-order valence-electron chi connectivity index (χ1n) is 10.5. The maximum Gasteiger partial charge on any atom is 0.331 e. The lowest BCUT2D eigenvalue weighted by Gasteiger charge is -2.06. The Kier molecular flexibility index (Phi) is 8.52. The van der Waals surface area contributed by atoms with Crippen molar-refractivity contribution in [2.24, 2.45) is 0 Å². The fourth-order valence-electron chi connectivity index (χ4n) is 3.11. The van der Waals surface area contributed by atoms with Crippen molar-refractivity contribution in [3.8, 4) is 0 Å². The number of ether oxygens (including phenoxy) is 3. The summed E-state index contributed by atoms with van der Waals surface area (Å²) in [7, 11) is 0. The first-order valence-corrected chi connectivity index (χ1v) is 10.5. The van der Waals surface area contributed by atoms with Crippen LogP contribution in [-0.2, 0) is 48.4 Å². The van der Waals surface area contributed by atoms with Crippen LogP contribution in [0.1, 0.15) is 22.3 Å². The van der Waals surface area contributed by atoms with E-state index in [2.05, 4.69) is 13.2 Å². The first kappa shape index (κ1) is 24.2. The van der Waals surface area contributed by atoms with Gasteiger partial charge in [-0.05, 0) is 57.3 Å². The minimum absolute atomic E-state index is 0.0942. The number of fused-ring (bicyclic) bond motifs is 1. The molecule has 34 heavy (non-hydrogen) atoms. The number of carbonyl (C=O) groups excluding carboxylic acids is 3. The average Bonchev–Trinajstić information content (AvgIpc) is 2.87. The molecule has 6 heteroatoms. The van der Waals surface area contributed by atoms with E-state index in [1.807, 2.05) is 48.5 Å². The summed E-state index contributed by atoms with van der Waals surface area (Å²) in [5, 5.41) is 1.98. The highest BCUT2D eigenvalue weighted by Crippen LogP contribution is 2.19. The van der Waals surface area contributed by atoms with Gasteiger partial charge in [0.05, 0.1) is 0 Å². The van der Waals surface area contributed by atoms with Gasteiger partial charge in [-0.3, -0.25) is 0 Å². The van der Waals surface area contributed by atoms with Gasteiger partial charge in [0.1, 0.15) is 19.8 Å². The zero-order valence-corrected chi connectivity index (χ0v) is 18.6. The average molecular weight is 456 g/mol. The predicted molar refractivity (Wildman–Crippen MR) is 129 cm³/mol. The molecule has 3 aromatic carbocycles. The third kappa shape index (κ3) is 7.31. The van der Waals surface area contributed by atoms with Crippen LogP contribution in [0.15, 0.2) is 92.0 Å². The predicted octanol–water partition coefficient (Wildman–Crippen LogP) is 5.05. The second kappa shape index (κ2) is 12.0. The Hall–Kier alpha value is -4.45. The zero-order chi connectivity index (χ0) is 24.3. The number of rotatable bonds is 10. The van der Waals surface area contributed by atoms with Crippen LogP contribution in [0.3, 0.4) is 0 Å². The quantitative estimate of drug-likeness (QED) is 0.241. The lowest BCUT2D eigenvalue weighted by atomic mass is 10.0. The van der Waals surface area contributed by atoms with Crippen molar-refractivity contribution in [2.45, 2.75) is 19.8 Å². The molecule has 0 saturated carbocycles. The molecule has 0 radical (unpaired) electrons. The Bertz CT molecular complexity index is 1250. The number of hydrogen-bond donors (Lipinski definition) is 0. The number of benzene rings is 3. The minimum Gasteiger partial charge on any atom is -0.458 e. The van der Waals surface area contributed by atoms with Gasteiger partial charge in [0.25, 0.3) is 0 Å². The molecule has 0 saturated heterocycles. The molecule has 0 heterocycles. The highest BCUT2D eigenvalue weighted by atomic mass is 16.5. The molecule has 0 fully saturated rings. The Morgan fingerprint density at radius 2 is 1.21 bits per heavy atom. The second-order valence-corrected chi connectivity index (χ2v) is 7.33. The normalized spacial score (nSPS) is 10.6. The summed E-state index contributed by atoms with van der Waals surface area (Å²) in [5.74, 6) is -1.45. The molecule has 0 unspecified atom stereocenters. The maximum atomic E-state index is 12.2. The molecule has 0 atom stereocenters. The van der Waals surface area contributed by atoms with E-state index < -0.39 is 17.9 Å². The van der Waals surface area contributed by atoms with Gasteiger partial charge < -0.3 is 14.2 Å². The third-order valence-electron chi connectivity index (χ3n) is 4.81. The summed E-state index contributed by atoms with van der Waals surface area (Å²) in [6.45, 7) is 7.11. The van der Waals surface area contributed by atoms with E-state index in [1.165, 1.54) is 6.08 Å². The molecule has 0 N–H and O–H groups in total. The molecule has 0 bridgehead atoms. The van der Waals surface area contributed by atoms with Crippen LogP contribution in [0.25, 0.3) is 16.8 Å². The van der Waals surface area contributed by atoms with Gasteiger partial charge in [-0.2, -0.15) is 0 Å². The van der Waals surface area contributed by atoms with Gasteiger partial charge in [-0.15, -0.1) is 0 Å². The van der Waals surface area contributed by atoms with Gasteiger partial charge in [-0.1, -0.05) is 55.6 Å². The summed E-state index contributed by atoms with van der Waals surface area (Å²) < 4.78 is 15.4. The largest absolute Gasteiger partial charge is 0.458 e. The van der Waals surface area contributed by atoms with Crippen LogP contribution in [0.2, 0.25) is 0 Å². The fourth-order valence-corrected chi connectivity index (χ4v) is 3.11. The lowest BCUT2D eigenvalue weighted by Crippen LogP contribution is -2.03. The van der Waals surface area contributed by atoms with Crippen LogP contribution in [0.5, 0.6) is 0 Å². The van der Waals surface area contributed by atoms with Crippen molar-refractivity contribution >= 4 is 34.8 Å². The number of esters is 3. The Balaban J connectivity index is 1.58. The van der Waals surface area contributed by atoms with Crippen LogP contribution in [0.4, 0.5) is 0 Å². The van der Waals surface area contributed by atoms with Gasteiger partial charge in [0, 0.05) is 18.2 Å².